The average Bonchev–Trinajstić information content (AvgIpc) is 2.81. The Morgan fingerprint density at radius 2 is 2.00 bits per heavy atom. The highest BCUT2D eigenvalue weighted by Gasteiger charge is 2.53. The van der Waals surface area contributed by atoms with E-state index in [2.05, 4.69) is 6.92 Å². The summed E-state index contributed by atoms with van der Waals surface area (Å²) in [5.74, 6) is 2.83. The molecule has 1 unspecified atom stereocenters. The first kappa shape index (κ1) is 8.87. The van der Waals surface area contributed by atoms with Crippen LogP contribution in [0.4, 0.5) is 0 Å². The third-order valence-corrected chi connectivity index (χ3v) is 4.60. The van der Waals surface area contributed by atoms with Crippen LogP contribution in [0.25, 0.3) is 0 Å². The van der Waals surface area contributed by atoms with Crippen LogP contribution in [0.3, 0.4) is 0 Å². The zero-order valence-corrected chi connectivity index (χ0v) is 8.74. The van der Waals surface area contributed by atoms with Crippen molar-refractivity contribution in [2.75, 3.05) is 5.88 Å². The molecule has 0 aromatic heterocycles. The maximum Gasteiger partial charge on any atom is 0.0257 e. The van der Waals surface area contributed by atoms with Crippen LogP contribution in [0.2, 0.25) is 0 Å². The first-order valence-electron chi connectivity index (χ1n) is 5.36. The van der Waals surface area contributed by atoms with E-state index < -0.39 is 0 Å². The molecule has 0 nitrogen and oxygen atoms in total. The minimum Gasteiger partial charge on any atom is -0.126 e. The van der Waals surface area contributed by atoms with Crippen LogP contribution in [-0.2, 0) is 0 Å². The molecule has 0 radical (unpaired) electrons. The van der Waals surface area contributed by atoms with Crippen molar-refractivity contribution < 1.29 is 0 Å². The highest BCUT2D eigenvalue weighted by molar-refractivity contribution is 6.18. The lowest BCUT2D eigenvalue weighted by Gasteiger charge is -2.28. The van der Waals surface area contributed by atoms with Gasteiger partial charge < -0.3 is 0 Å². The molecule has 2 rings (SSSR count). The van der Waals surface area contributed by atoms with Crippen LogP contribution in [0.1, 0.15) is 45.4 Å². The molecule has 2 fully saturated rings. The number of hydrogen-bond donors (Lipinski definition) is 0. The lowest BCUT2D eigenvalue weighted by molar-refractivity contribution is 0.238. The molecular weight excluding hydrogens is 168 g/mol. The Labute approximate surface area is 80.7 Å². The molecule has 0 N–H and O–H groups in total. The Balaban J connectivity index is 1.84. The zero-order chi connectivity index (χ0) is 8.60. The Hall–Kier alpha value is 0.290. The second-order valence-electron chi connectivity index (χ2n) is 4.77. The van der Waals surface area contributed by atoms with Gasteiger partial charge in [0.2, 0.25) is 0 Å². The molecule has 0 aliphatic heterocycles. The third kappa shape index (κ3) is 1.39. The van der Waals surface area contributed by atoms with Crippen LogP contribution < -0.4 is 0 Å². The quantitative estimate of drug-likeness (QED) is 0.575. The summed E-state index contributed by atoms with van der Waals surface area (Å²) in [6.07, 6.45) is 8.73. The van der Waals surface area contributed by atoms with Crippen LogP contribution in [0.5, 0.6) is 0 Å². The van der Waals surface area contributed by atoms with Crippen LogP contribution >= 0.6 is 11.6 Å². The van der Waals surface area contributed by atoms with Crippen molar-refractivity contribution in [3.8, 4) is 0 Å². The topological polar surface area (TPSA) is 0 Å². The summed E-state index contributed by atoms with van der Waals surface area (Å²) in [7, 11) is 0. The molecule has 0 amide bonds. The van der Waals surface area contributed by atoms with Gasteiger partial charge >= 0.3 is 0 Å². The molecule has 70 valence electrons. The fraction of sp³-hybridized carbons (Fsp3) is 1.00. The maximum atomic E-state index is 5.89. The molecule has 2 saturated carbocycles. The van der Waals surface area contributed by atoms with E-state index in [9.17, 15) is 0 Å². The number of halogens is 1. The maximum absolute atomic E-state index is 5.89. The second kappa shape index (κ2) is 3.21. The van der Waals surface area contributed by atoms with Gasteiger partial charge in [0.05, 0.1) is 0 Å². The van der Waals surface area contributed by atoms with E-state index in [0.29, 0.717) is 0 Å². The zero-order valence-electron chi connectivity index (χ0n) is 7.98. The van der Waals surface area contributed by atoms with Gasteiger partial charge in [-0.05, 0) is 49.4 Å². The van der Waals surface area contributed by atoms with Crippen molar-refractivity contribution >= 4 is 11.6 Å². The minimum atomic E-state index is 0.743. The summed E-state index contributed by atoms with van der Waals surface area (Å²) in [5, 5.41) is 0. The minimum absolute atomic E-state index is 0.743. The summed E-state index contributed by atoms with van der Waals surface area (Å²) in [6, 6.07) is 0. The van der Waals surface area contributed by atoms with E-state index in [1.54, 1.807) is 0 Å². The predicted molar refractivity (Wildman–Crippen MR) is 53.5 cm³/mol. The highest BCUT2D eigenvalue weighted by Crippen LogP contribution is 2.62. The largest absolute Gasteiger partial charge is 0.126 e. The Bertz CT molecular complexity index is 156. The fourth-order valence-corrected chi connectivity index (χ4v) is 3.36. The highest BCUT2D eigenvalue weighted by atomic mass is 35.5. The van der Waals surface area contributed by atoms with E-state index in [4.69, 9.17) is 11.6 Å². The second-order valence-corrected chi connectivity index (χ2v) is 5.08. The van der Waals surface area contributed by atoms with Crippen LogP contribution in [0, 0.1) is 17.3 Å². The van der Waals surface area contributed by atoms with Gasteiger partial charge in [-0.3, -0.25) is 0 Å². The molecule has 0 heterocycles. The lowest BCUT2D eigenvalue weighted by Crippen LogP contribution is -2.16. The number of hydrogen-bond acceptors (Lipinski definition) is 0. The predicted octanol–water partition coefficient (Wildman–Crippen LogP) is 3.83. The van der Waals surface area contributed by atoms with Crippen molar-refractivity contribution in [2.24, 2.45) is 17.3 Å². The van der Waals surface area contributed by atoms with Crippen molar-refractivity contribution in [1.29, 1.82) is 0 Å². The monoisotopic (exact) mass is 186 g/mol. The molecule has 0 saturated heterocycles. The summed E-state index contributed by atoms with van der Waals surface area (Å²) in [6.45, 7) is 2.33. The summed E-state index contributed by atoms with van der Waals surface area (Å²) in [4.78, 5) is 0. The van der Waals surface area contributed by atoms with Gasteiger partial charge in [0.15, 0.2) is 0 Å². The van der Waals surface area contributed by atoms with E-state index >= 15 is 0 Å². The molecule has 12 heavy (non-hydrogen) atoms. The number of alkyl halides is 1. The van der Waals surface area contributed by atoms with Crippen molar-refractivity contribution in [2.45, 2.75) is 45.4 Å². The lowest BCUT2D eigenvalue weighted by atomic mass is 9.78. The molecule has 1 heteroatoms. The van der Waals surface area contributed by atoms with Gasteiger partial charge in [-0.2, -0.15) is 0 Å². The summed E-state index contributed by atoms with van der Waals surface area (Å²) in [5.41, 5.74) is 0.743. The molecule has 0 aromatic rings. The van der Waals surface area contributed by atoms with Crippen molar-refractivity contribution in [1.82, 2.24) is 0 Å². The number of rotatable bonds is 2. The van der Waals surface area contributed by atoms with E-state index in [-0.39, 0.29) is 0 Å². The van der Waals surface area contributed by atoms with Crippen LogP contribution in [-0.4, -0.2) is 5.88 Å². The molecule has 2 aliphatic rings. The Kier molecular flexibility index (Phi) is 2.37. The normalized spacial score (nSPS) is 46.5. The molecule has 2 aliphatic carbocycles. The molecule has 0 aromatic carbocycles. The average molecular weight is 187 g/mol. The van der Waals surface area contributed by atoms with E-state index in [1.165, 1.54) is 38.5 Å². The molecule has 1 atom stereocenters. The summed E-state index contributed by atoms with van der Waals surface area (Å²) >= 11 is 5.89. The standard InChI is InChI=1S/C11H19Cl/c1-2-9-3-5-11(6-4-9)7-10(11)8-12/h9-10H,2-8H2,1H3. The molecular formula is C11H19Cl. The SMILES string of the molecule is CCC1CCC2(CC1)CC2CCl. The smallest absolute Gasteiger partial charge is 0.0257 e. The van der Waals surface area contributed by atoms with Crippen molar-refractivity contribution in [3.63, 3.8) is 0 Å². The third-order valence-electron chi connectivity index (χ3n) is 4.22. The van der Waals surface area contributed by atoms with Gasteiger partial charge in [-0.1, -0.05) is 13.3 Å². The van der Waals surface area contributed by atoms with Gasteiger partial charge in [-0.25, -0.2) is 0 Å². The first-order chi connectivity index (χ1) is 5.80. The Morgan fingerprint density at radius 1 is 1.33 bits per heavy atom. The van der Waals surface area contributed by atoms with Crippen LogP contribution in [0.15, 0.2) is 0 Å². The van der Waals surface area contributed by atoms with Crippen molar-refractivity contribution in [3.05, 3.63) is 0 Å². The van der Waals surface area contributed by atoms with Gasteiger partial charge in [0, 0.05) is 5.88 Å². The molecule has 0 bridgehead atoms. The van der Waals surface area contributed by atoms with Gasteiger partial charge in [0.25, 0.3) is 0 Å². The summed E-state index contributed by atoms with van der Waals surface area (Å²) < 4.78 is 0. The van der Waals surface area contributed by atoms with E-state index in [1.807, 2.05) is 0 Å². The fourth-order valence-electron chi connectivity index (χ4n) is 2.92. The first-order valence-corrected chi connectivity index (χ1v) is 5.90. The van der Waals surface area contributed by atoms with E-state index in [0.717, 1.165) is 23.1 Å². The van der Waals surface area contributed by atoms with Gasteiger partial charge in [-0.15, -0.1) is 11.6 Å². The Morgan fingerprint density at radius 3 is 2.42 bits per heavy atom. The van der Waals surface area contributed by atoms with Gasteiger partial charge in [0.1, 0.15) is 0 Å². The molecule has 1 spiro atoms.